The van der Waals surface area contributed by atoms with E-state index < -0.39 is 0 Å². The van der Waals surface area contributed by atoms with Crippen LogP contribution < -0.4 is 10.4 Å². The highest BCUT2D eigenvalue weighted by molar-refractivity contribution is 5.60. The maximum Gasteiger partial charge on any atom is 0.252 e. The van der Waals surface area contributed by atoms with Crippen LogP contribution >= 0.6 is 0 Å². The van der Waals surface area contributed by atoms with Gasteiger partial charge in [0.25, 0.3) is 6.34 Å². The van der Waals surface area contributed by atoms with E-state index >= 15 is 0 Å². The zero-order valence-electron chi connectivity index (χ0n) is 2.93. The first-order valence-electron chi connectivity index (χ1n) is 1.47. The summed E-state index contributed by atoms with van der Waals surface area (Å²) < 4.78 is 0. The standard InChI is InChI=1S/C3H2N2O/c6-3-1-4-2-5-3/h1H,(H-,4,5,6). The van der Waals surface area contributed by atoms with Gasteiger partial charge in [0.15, 0.2) is 12.1 Å². The zero-order chi connectivity index (χ0) is 4.41. The first-order valence-corrected chi connectivity index (χ1v) is 1.47. The molecule has 3 nitrogen and oxygen atoms in total. The van der Waals surface area contributed by atoms with Crippen molar-refractivity contribution >= 4 is 6.34 Å². The molecule has 0 saturated heterocycles. The fraction of sp³-hybridized carbons (Fsp3) is 0. The Balaban J connectivity index is 2.61. The first kappa shape index (κ1) is 3.12. The number of nitrogens with zero attached hydrogens (tertiary/aromatic N) is 1. The van der Waals surface area contributed by atoms with Crippen LogP contribution in [0.5, 0.6) is 0 Å². The van der Waals surface area contributed by atoms with Gasteiger partial charge >= 0.3 is 0 Å². The molecule has 0 saturated carbocycles. The summed E-state index contributed by atoms with van der Waals surface area (Å²) in [7, 11) is 0. The van der Waals surface area contributed by atoms with E-state index in [2.05, 4.69) is 16.6 Å². The van der Waals surface area contributed by atoms with Crippen molar-refractivity contribution in [1.29, 1.82) is 0 Å². The molecule has 0 amide bonds. The molecule has 1 heterocycles. The molecule has 0 atom stereocenters. The van der Waals surface area contributed by atoms with Crippen LogP contribution in [-0.2, 0) is 0 Å². The lowest BCUT2D eigenvalue weighted by molar-refractivity contribution is -0.308. The fourth-order valence-corrected chi connectivity index (χ4v) is 0.211. The summed E-state index contributed by atoms with van der Waals surface area (Å²) in [6.07, 6.45) is 3.41. The Morgan fingerprint density at radius 2 is 2.83 bits per heavy atom. The summed E-state index contributed by atoms with van der Waals surface area (Å²) in [6, 6.07) is 0. The monoisotopic (exact) mass is 82.0 g/mol. The van der Waals surface area contributed by atoms with Crippen molar-refractivity contribution in [3.05, 3.63) is 12.1 Å². The summed E-state index contributed by atoms with van der Waals surface area (Å²) in [4.78, 5) is 3.33. The van der Waals surface area contributed by atoms with Crippen LogP contribution in [-0.4, -0.2) is 6.34 Å². The van der Waals surface area contributed by atoms with E-state index in [1.54, 1.807) is 0 Å². The summed E-state index contributed by atoms with van der Waals surface area (Å²) >= 11 is 0. The highest BCUT2D eigenvalue weighted by atomic mass is 16.3. The topological polar surface area (TPSA) is 47.5 Å². The third-order valence-corrected chi connectivity index (χ3v) is 0.425. The SMILES string of the molecule is [O-]C1=CN=[C+]N1. The molecule has 0 unspecified atom stereocenters. The highest BCUT2D eigenvalue weighted by Gasteiger charge is 1.94. The smallest absolute Gasteiger partial charge is 0.252 e. The molecule has 1 rings (SSSR count). The molecule has 0 bridgehead atoms. The molecular weight excluding hydrogens is 80.0 g/mol. The summed E-state index contributed by atoms with van der Waals surface area (Å²) in [5.74, 6) is -0.199. The molecular formula is C3H2N2O. The second-order valence-electron chi connectivity index (χ2n) is 0.859. The van der Waals surface area contributed by atoms with E-state index in [0.29, 0.717) is 0 Å². The van der Waals surface area contributed by atoms with Gasteiger partial charge in [-0.05, 0) is 4.99 Å². The first-order chi connectivity index (χ1) is 2.89. The number of nitrogens with one attached hydrogen (secondary N) is 1. The van der Waals surface area contributed by atoms with Crippen LogP contribution in [0, 0.1) is 0 Å². The summed E-state index contributed by atoms with van der Waals surface area (Å²) in [6.45, 7) is 0. The van der Waals surface area contributed by atoms with E-state index in [-0.39, 0.29) is 5.88 Å². The maximum atomic E-state index is 9.92. The molecule has 0 aromatic heterocycles. The molecule has 0 aromatic carbocycles. The van der Waals surface area contributed by atoms with Crippen LogP contribution in [0.4, 0.5) is 0 Å². The van der Waals surface area contributed by atoms with Crippen LogP contribution in [0.15, 0.2) is 17.1 Å². The van der Waals surface area contributed by atoms with E-state index in [9.17, 15) is 5.11 Å². The van der Waals surface area contributed by atoms with Crippen molar-refractivity contribution in [2.24, 2.45) is 4.99 Å². The molecule has 0 fully saturated rings. The number of hydrogen-bond acceptors (Lipinski definition) is 3. The molecule has 0 radical (unpaired) electrons. The molecule has 30 valence electrons. The van der Waals surface area contributed by atoms with Crippen molar-refractivity contribution in [1.82, 2.24) is 5.32 Å². The van der Waals surface area contributed by atoms with E-state index in [4.69, 9.17) is 0 Å². The Morgan fingerprint density at radius 1 is 2.00 bits per heavy atom. The van der Waals surface area contributed by atoms with Crippen LogP contribution in [0.1, 0.15) is 0 Å². The highest BCUT2D eigenvalue weighted by Crippen LogP contribution is 1.80. The molecule has 1 N–H and O–H groups in total. The Kier molecular flexibility index (Phi) is 0.496. The van der Waals surface area contributed by atoms with Crippen molar-refractivity contribution < 1.29 is 5.11 Å². The quantitative estimate of drug-likeness (QED) is 0.367. The van der Waals surface area contributed by atoms with Crippen molar-refractivity contribution in [2.75, 3.05) is 0 Å². The molecule has 3 heteroatoms. The average Bonchev–Trinajstić information content (AvgIpc) is 1.86. The van der Waals surface area contributed by atoms with Gasteiger partial charge in [0.05, 0.1) is 0 Å². The van der Waals surface area contributed by atoms with Crippen LogP contribution in [0.3, 0.4) is 0 Å². The van der Waals surface area contributed by atoms with Crippen molar-refractivity contribution in [2.45, 2.75) is 0 Å². The Morgan fingerprint density at radius 3 is 3.00 bits per heavy atom. The minimum Gasteiger partial charge on any atom is -0.790 e. The van der Waals surface area contributed by atoms with Gasteiger partial charge in [0.2, 0.25) is 0 Å². The summed E-state index contributed by atoms with van der Waals surface area (Å²) in [5.41, 5.74) is 0. The zero-order valence-corrected chi connectivity index (χ0v) is 2.93. The molecule has 0 aromatic rings. The van der Waals surface area contributed by atoms with E-state index in [0.717, 1.165) is 0 Å². The number of hydrogen-bond donors (Lipinski definition) is 1. The third-order valence-electron chi connectivity index (χ3n) is 0.425. The fourth-order valence-electron chi connectivity index (χ4n) is 0.211. The lowest BCUT2D eigenvalue weighted by Crippen LogP contribution is -2.17. The Labute approximate surface area is 35.0 Å². The molecule has 0 aliphatic carbocycles. The van der Waals surface area contributed by atoms with Gasteiger partial charge in [-0.1, -0.05) is 0 Å². The lowest BCUT2D eigenvalue weighted by Gasteiger charge is -1.86. The van der Waals surface area contributed by atoms with Gasteiger partial charge in [0, 0.05) is 0 Å². The lowest BCUT2D eigenvalue weighted by atomic mass is 10.9. The Hall–Kier alpha value is -1.08. The van der Waals surface area contributed by atoms with Crippen LogP contribution in [0.25, 0.3) is 0 Å². The van der Waals surface area contributed by atoms with Gasteiger partial charge in [0.1, 0.15) is 0 Å². The predicted octanol–water partition coefficient (Wildman–Crippen LogP) is -1.35. The number of aliphatic imine (C=N–C) groups is 1. The second kappa shape index (κ2) is 0.954. The van der Waals surface area contributed by atoms with Gasteiger partial charge in [-0.15, -0.1) is 0 Å². The van der Waals surface area contributed by atoms with Gasteiger partial charge < -0.3 is 5.11 Å². The van der Waals surface area contributed by atoms with Gasteiger partial charge in [-0.3, -0.25) is 0 Å². The maximum absolute atomic E-state index is 9.92. The third kappa shape index (κ3) is 0.307. The Bertz CT molecular complexity index is 105. The molecule has 1 aliphatic rings. The van der Waals surface area contributed by atoms with E-state index in [1.807, 2.05) is 0 Å². The minimum atomic E-state index is -0.199. The molecule has 0 spiro atoms. The van der Waals surface area contributed by atoms with Crippen LogP contribution in [0.2, 0.25) is 0 Å². The molecule has 1 aliphatic heterocycles. The van der Waals surface area contributed by atoms with E-state index in [1.165, 1.54) is 6.20 Å². The summed E-state index contributed by atoms with van der Waals surface area (Å²) in [5, 5.41) is 12.1. The van der Waals surface area contributed by atoms with Crippen molar-refractivity contribution in [3.8, 4) is 0 Å². The minimum absolute atomic E-state index is 0.199. The van der Waals surface area contributed by atoms with Crippen molar-refractivity contribution in [3.63, 3.8) is 0 Å². The second-order valence-corrected chi connectivity index (χ2v) is 0.859. The number of rotatable bonds is 0. The van der Waals surface area contributed by atoms with Gasteiger partial charge in [-0.25, -0.2) is 0 Å². The predicted molar refractivity (Wildman–Crippen MR) is 18.7 cm³/mol. The normalized spacial score (nSPS) is 15.7. The largest absolute Gasteiger partial charge is 0.790 e. The average molecular weight is 82.1 g/mol. The van der Waals surface area contributed by atoms with Gasteiger partial charge in [-0.2, -0.15) is 5.32 Å². The molecule has 6 heavy (non-hydrogen) atoms.